The molecule has 0 saturated carbocycles. The lowest BCUT2D eigenvalue weighted by Crippen LogP contribution is -2.48. The average molecular weight is 353 g/mol. The quantitative estimate of drug-likeness (QED) is 0.735. The zero-order valence-electron chi connectivity index (χ0n) is 14.9. The van der Waals surface area contributed by atoms with Gasteiger partial charge in [0.2, 0.25) is 12.4 Å². The fourth-order valence-electron chi connectivity index (χ4n) is 2.94. The van der Waals surface area contributed by atoms with Gasteiger partial charge in [0.05, 0.1) is 0 Å². The number of carbonyl (C=O) groups is 2. The first-order valence-corrected chi connectivity index (χ1v) is 8.81. The summed E-state index contributed by atoms with van der Waals surface area (Å²) in [7, 11) is 0. The van der Waals surface area contributed by atoms with Gasteiger partial charge < -0.3 is 14.7 Å². The van der Waals surface area contributed by atoms with Crippen LogP contribution in [0, 0.1) is 0 Å². The van der Waals surface area contributed by atoms with Crippen molar-refractivity contribution in [2.75, 3.05) is 37.6 Å². The van der Waals surface area contributed by atoms with Gasteiger partial charge in [-0.3, -0.25) is 9.59 Å². The van der Waals surface area contributed by atoms with E-state index in [-0.39, 0.29) is 5.91 Å². The van der Waals surface area contributed by atoms with E-state index in [0.29, 0.717) is 44.4 Å². The van der Waals surface area contributed by atoms with Crippen molar-refractivity contribution in [3.63, 3.8) is 0 Å². The molecule has 136 valence electrons. The molecule has 2 aromatic rings. The molecule has 1 aliphatic rings. The Morgan fingerprint density at radius 3 is 2.54 bits per heavy atom. The molecule has 0 spiro atoms. The van der Waals surface area contributed by atoms with Crippen LogP contribution in [0.2, 0.25) is 0 Å². The zero-order chi connectivity index (χ0) is 18.4. The fraction of sp³-hybridized carbons (Fsp3) is 0.368. The third kappa shape index (κ3) is 4.17. The van der Waals surface area contributed by atoms with Crippen molar-refractivity contribution < 1.29 is 9.59 Å². The van der Waals surface area contributed by atoms with Crippen molar-refractivity contribution in [2.45, 2.75) is 13.5 Å². The molecule has 3 rings (SSSR count). The molecule has 0 aliphatic carbocycles. The van der Waals surface area contributed by atoms with E-state index in [1.165, 1.54) is 5.56 Å². The van der Waals surface area contributed by atoms with E-state index in [2.05, 4.69) is 22.1 Å². The van der Waals surface area contributed by atoms with Crippen molar-refractivity contribution in [2.24, 2.45) is 0 Å². The summed E-state index contributed by atoms with van der Waals surface area (Å²) in [6.45, 7) is 5.64. The van der Waals surface area contributed by atoms with E-state index in [0.717, 1.165) is 13.0 Å². The maximum absolute atomic E-state index is 12.7. The van der Waals surface area contributed by atoms with Crippen LogP contribution in [-0.4, -0.2) is 64.8 Å². The molecule has 0 bridgehead atoms. The SMILES string of the molecule is CCN(Cc1ccccc1)c1nccc(C(=O)N2CCN(C=O)CC2)n1. The summed E-state index contributed by atoms with van der Waals surface area (Å²) < 4.78 is 0. The lowest BCUT2D eigenvalue weighted by Gasteiger charge is -2.32. The topological polar surface area (TPSA) is 69.6 Å². The van der Waals surface area contributed by atoms with Crippen LogP contribution in [-0.2, 0) is 11.3 Å². The number of aromatic nitrogens is 2. The molecule has 0 radical (unpaired) electrons. The molecule has 7 nitrogen and oxygen atoms in total. The first-order valence-electron chi connectivity index (χ1n) is 8.81. The lowest BCUT2D eigenvalue weighted by atomic mass is 10.2. The molecule has 0 N–H and O–H groups in total. The number of hydrogen-bond donors (Lipinski definition) is 0. The van der Waals surface area contributed by atoms with Gasteiger partial charge in [-0.2, -0.15) is 0 Å². The Kier molecular flexibility index (Phi) is 5.78. The van der Waals surface area contributed by atoms with Crippen LogP contribution in [0.5, 0.6) is 0 Å². The minimum atomic E-state index is -0.116. The van der Waals surface area contributed by atoms with Crippen molar-refractivity contribution in [1.29, 1.82) is 0 Å². The molecule has 2 heterocycles. The Bertz CT molecular complexity index is 745. The largest absolute Gasteiger partial charge is 0.342 e. The molecule has 1 aliphatic heterocycles. The third-order valence-corrected chi connectivity index (χ3v) is 4.49. The van der Waals surface area contributed by atoms with Crippen LogP contribution in [0.1, 0.15) is 23.0 Å². The minimum Gasteiger partial charge on any atom is -0.342 e. The van der Waals surface area contributed by atoms with Crippen LogP contribution < -0.4 is 4.90 Å². The van der Waals surface area contributed by atoms with E-state index in [4.69, 9.17) is 0 Å². The second kappa shape index (κ2) is 8.42. The molecule has 1 aromatic heterocycles. The average Bonchev–Trinajstić information content (AvgIpc) is 2.72. The Labute approximate surface area is 153 Å². The van der Waals surface area contributed by atoms with E-state index in [9.17, 15) is 9.59 Å². The maximum Gasteiger partial charge on any atom is 0.272 e. The van der Waals surface area contributed by atoms with Crippen molar-refractivity contribution in [1.82, 2.24) is 19.8 Å². The Morgan fingerprint density at radius 1 is 1.15 bits per heavy atom. The molecule has 7 heteroatoms. The summed E-state index contributed by atoms with van der Waals surface area (Å²) in [4.78, 5) is 37.8. The van der Waals surface area contributed by atoms with Crippen LogP contribution in [0.25, 0.3) is 0 Å². The highest BCUT2D eigenvalue weighted by atomic mass is 16.2. The number of amides is 2. The van der Waals surface area contributed by atoms with Crippen molar-refractivity contribution in [3.05, 3.63) is 53.9 Å². The molecule has 1 aromatic carbocycles. The van der Waals surface area contributed by atoms with E-state index in [1.807, 2.05) is 30.0 Å². The van der Waals surface area contributed by atoms with E-state index < -0.39 is 0 Å². The van der Waals surface area contributed by atoms with Crippen molar-refractivity contribution in [3.8, 4) is 0 Å². The van der Waals surface area contributed by atoms with Crippen LogP contribution in [0.3, 0.4) is 0 Å². The lowest BCUT2D eigenvalue weighted by molar-refractivity contribution is -0.119. The predicted octanol–water partition coefficient (Wildman–Crippen LogP) is 1.42. The summed E-state index contributed by atoms with van der Waals surface area (Å²) in [6.07, 6.45) is 2.46. The van der Waals surface area contributed by atoms with Gasteiger partial charge in [0.25, 0.3) is 5.91 Å². The molecular weight excluding hydrogens is 330 g/mol. The minimum absolute atomic E-state index is 0.116. The fourth-order valence-corrected chi connectivity index (χ4v) is 2.94. The Hall–Kier alpha value is -2.96. The smallest absolute Gasteiger partial charge is 0.272 e. The van der Waals surface area contributed by atoms with Crippen LogP contribution in [0.4, 0.5) is 5.95 Å². The Morgan fingerprint density at radius 2 is 1.88 bits per heavy atom. The molecular formula is C19H23N5O2. The van der Waals surface area contributed by atoms with Crippen molar-refractivity contribution >= 4 is 18.3 Å². The van der Waals surface area contributed by atoms with Crippen LogP contribution >= 0.6 is 0 Å². The third-order valence-electron chi connectivity index (χ3n) is 4.49. The summed E-state index contributed by atoms with van der Waals surface area (Å²) in [6, 6.07) is 11.8. The number of anilines is 1. The highest BCUT2D eigenvalue weighted by Crippen LogP contribution is 2.14. The predicted molar refractivity (Wildman–Crippen MR) is 98.7 cm³/mol. The molecule has 26 heavy (non-hydrogen) atoms. The highest BCUT2D eigenvalue weighted by molar-refractivity contribution is 5.92. The summed E-state index contributed by atoms with van der Waals surface area (Å²) in [5.74, 6) is 0.434. The first-order chi connectivity index (χ1) is 12.7. The first kappa shape index (κ1) is 17.8. The number of benzene rings is 1. The molecule has 1 fully saturated rings. The standard InChI is InChI=1S/C19H23N5O2/c1-2-23(14-16-6-4-3-5-7-16)19-20-9-8-17(21-19)18(26)24-12-10-22(15-25)11-13-24/h3-9,15H,2,10-14H2,1H3. The monoisotopic (exact) mass is 353 g/mol. The highest BCUT2D eigenvalue weighted by Gasteiger charge is 2.23. The van der Waals surface area contributed by atoms with Gasteiger partial charge in [-0.25, -0.2) is 9.97 Å². The second-order valence-electron chi connectivity index (χ2n) is 6.18. The molecule has 1 saturated heterocycles. The number of rotatable bonds is 6. The number of nitrogens with zero attached hydrogens (tertiary/aromatic N) is 5. The summed E-state index contributed by atoms with van der Waals surface area (Å²) in [5.41, 5.74) is 1.56. The summed E-state index contributed by atoms with van der Waals surface area (Å²) >= 11 is 0. The van der Waals surface area contributed by atoms with Gasteiger partial charge in [-0.1, -0.05) is 30.3 Å². The van der Waals surface area contributed by atoms with Gasteiger partial charge in [0.1, 0.15) is 5.69 Å². The van der Waals surface area contributed by atoms with E-state index >= 15 is 0 Å². The maximum atomic E-state index is 12.7. The van der Waals surface area contributed by atoms with Gasteiger partial charge in [0, 0.05) is 45.5 Å². The van der Waals surface area contributed by atoms with Gasteiger partial charge in [-0.05, 0) is 18.6 Å². The van der Waals surface area contributed by atoms with Gasteiger partial charge in [0.15, 0.2) is 0 Å². The normalized spacial score (nSPS) is 14.2. The molecule has 0 unspecified atom stereocenters. The number of hydrogen-bond acceptors (Lipinski definition) is 5. The number of piperazine rings is 1. The molecule has 2 amide bonds. The summed E-state index contributed by atoms with van der Waals surface area (Å²) in [5, 5.41) is 0. The van der Waals surface area contributed by atoms with Gasteiger partial charge in [-0.15, -0.1) is 0 Å². The van der Waals surface area contributed by atoms with Crippen LogP contribution in [0.15, 0.2) is 42.6 Å². The Balaban J connectivity index is 1.72. The second-order valence-corrected chi connectivity index (χ2v) is 6.18. The van der Waals surface area contributed by atoms with Gasteiger partial charge >= 0.3 is 0 Å². The van der Waals surface area contributed by atoms with E-state index in [1.54, 1.807) is 22.1 Å². The number of carbonyl (C=O) groups excluding carboxylic acids is 2. The molecule has 0 atom stereocenters. The zero-order valence-corrected chi connectivity index (χ0v) is 14.9.